The number of hydrogen-bond acceptors (Lipinski definition) is 5. The zero-order valence-electron chi connectivity index (χ0n) is 14.6. The Labute approximate surface area is 145 Å². The predicted molar refractivity (Wildman–Crippen MR) is 90.2 cm³/mol. The number of anilines is 1. The second kappa shape index (κ2) is 6.91. The quantitative estimate of drug-likeness (QED) is 0.835. The standard InChI is InChI=1S/C15H22N8O2/c1-4-11-10(2)13(21(3)20-11)18-15(25)23-7-5-22(6-8-23)14(24)12-16-9-17-19-12/h9H,4-8H2,1-3H3,(H,18,25)(H,16,17,19). The normalized spacial score (nSPS) is 14.7. The molecule has 0 atom stereocenters. The first kappa shape index (κ1) is 16.9. The number of urea groups is 1. The lowest BCUT2D eigenvalue weighted by Crippen LogP contribution is -2.52. The summed E-state index contributed by atoms with van der Waals surface area (Å²) in [6, 6.07) is -0.180. The molecule has 0 aliphatic carbocycles. The van der Waals surface area contributed by atoms with Crippen LogP contribution in [0, 0.1) is 6.92 Å². The van der Waals surface area contributed by atoms with Gasteiger partial charge in [-0.05, 0) is 13.3 Å². The van der Waals surface area contributed by atoms with Crippen LogP contribution in [0.3, 0.4) is 0 Å². The van der Waals surface area contributed by atoms with Gasteiger partial charge in [0.1, 0.15) is 12.1 Å². The molecule has 3 heterocycles. The summed E-state index contributed by atoms with van der Waals surface area (Å²) >= 11 is 0. The molecule has 0 saturated carbocycles. The Balaban J connectivity index is 1.59. The molecule has 0 aromatic carbocycles. The highest BCUT2D eigenvalue weighted by Gasteiger charge is 2.27. The smallest absolute Gasteiger partial charge is 0.323 e. The van der Waals surface area contributed by atoms with E-state index in [1.165, 1.54) is 6.33 Å². The van der Waals surface area contributed by atoms with Crippen molar-refractivity contribution in [1.29, 1.82) is 0 Å². The van der Waals surface area contributed by atoms with Gasteiger partial charge in [-0.15, -0.1) is 0 Å². The Hall–Kier alpha value is -2.91. The van der Waals surface area contributed by atoms with Crippen LogP contribution in [0.25, 0.3) is 0 Å². The maximum atomic E-state index is 12.5. The molecular formula is C15H22N8O2. The minimum Gasteiger partial charge on any atom is -0.332 e. The van der Waals surface area contributed by atoms with E-state index < -0.39 is 0 Å². The van der Waals surface area contributed by atoms with Crippen LogP contribution in [0.15, 0.2) is 6.33 Å². The van der Waals surface area contributed by atoms with Crippen molar-refractivity contribution in [3.8, 4) is 0 Å². The second-order valence-corrected chi connectivity index (χ2v) is 5.94. The van der Waals surface area contributed by atoms with E-state index in [1.807, 2.05) is 20.9 Å². The number of amides is 3. The Morgan fingerprint density at radius 2 is 1.92 bits per heavy atom. The van der Waals surface area contributed by atoms with Gasteiger partial charge >= 0.3 is 6.03 Å². The first-order valence-corrected chi connectivity index (χ1v) is 8.24. The molecule has 2 aromatic heterocycles. The molecule has 0 spiro atoms. The Morgan fingerprint density at radius 3 is 2.48 bits per heavy atom. The zero-order valence-corrected chi connectivity index (χ0v) is 14.6. The number of aromatic amines is 1. The maximum Gasteiger partial charge on any atom is 0.323 e. The first-order valence-electron chi connectivity index (χ1n) is 8.24. The van der Waals surface area contributed by atoms with Gasteiger partial charge in [0, 0.05) is 38.8 Å². The van der Waals surface area contributed by atoms with E-state index in [4.69, 9.17) is 0 Å². The topological polar surface area (TPSA) is 112 Å². The molecule has 3 rings (SSSR count). The summed E-state index contributed by atoms with van der Waals surface area (Å²) in [6.07, 6.45) is 2.12. The Morgan fingerprint density at radius 1 is 1.24 bits per heavy atom. The van der Waals surface area contributed by atoms with Gasteiger partial charge in [0.05, 0.1) is 5.69 Å². The molecule has 10 heteroatoms. The summed E-state index contributed by atoms with van der Waals surface area (Å²) < 4.78 is 1.69. The van der Waals surface area contributed by atoms with Gasteiger partial charge in [0.2, 0.25) is 5.82 Å². The highest BCUT2D eigenvalue weighted by Crippen LogP contribution is 2.19. The van der Waals surface area contributed by atoms with E-state index in [0.717, 1.165) is 17.7 Å². The summed E-state index contributed by atoms with van der Waals surface area (Å²) in [5.41, 5.74) is 1.96. The molecule has 134 valence electrons. The number of carbonyl (C=O) groups is 2. The van der Waals surface area contributed by atoms with Crippen molar-refractivity contribution in [3.63, 3.8) is 0 Å². The van der Waals surface area contributed by atoms with Crippen LogP contribution in [0.5, 0.6) is 0 Å². The highest BCUT2D eigenvalue weighted by atomic mass is 16.2. The monoisotopic (exact) mass is 346 g/mol. The summed E-state index contributed by atoms with van der Waals surface area (Å²) in [6.45, 7) is 5.82. The van der Waals surface area contributed by atoms with Gasteiger partial charge in [0.25, 0.3) is 5.91 Å². The number of nitrogens with zero attached hydrogens (tertiary/aromatic N) is 6. The van der Waals surface area contributed by atoms with Gasteiger partial charge in [-0.2, -0.15) is 10.2 Å². The first-order chi connectivity index (χ1) is 12.0. The van der Waals surface area contributed by atoms with Gasteiger partial charge < -0.3 is 9.80 Å². The minimum absolute atomic E-state index is 0.180. The number of H-pyrrole nitrogens is 1. The van der Waals surface area contributed by atoms with Crippen molar-refractivity contribution in [2.75, 3.05) is 31.5 Å². The molecule has 0 unspecified atom stereocenters. The largest absolute Gasteiger partial charge is 0.332 e. The van der Waals surface area contributed by atoms with Crippen molar-refractivity contribution in [2.24, 2.45) is 7.05 Å². The Bertz CT molecular complexity index is 759. The highest BCUT2D eigenvalue weighted by molar-refractivity contribution is 5.91. The molecule has 25 heavy (non-hydrogen) atoms. The molecule has 10 nitrogen and oxygen atoms in total. The van der Waals surface area contributed by atoms with E-state index in [0.29, 0.717) is 32.0 Å². The fraction of sp³-hybridized carbons (Fsp3) is 0.533. The van der Waals surface area contributed by atoms with E-state index in [1.54, 1.807) is 14.5 Å². The zero-order chi connectivity index (χ0) is 18.0. The summed E-state index contributed by atoms with van der Waals surface area (Å²) in [4.78, 5) is 32.0. The van der Waals surface area contributed by atoms with Crippen LogP contribution < -0.4 is 5.32 Å². The molecule has 2 aromatic rings. The molecule has 2 N–H and O–H groups in total. The van der Waals surface area contributed by atoms with Crippen molar-refractivity contribution >= 4 is 17.8 Å². The molecule has 0 bridgehead atoms. The molecular weight excluding hydrogens is 324 g/mol. The number of piperazine rings is 1. The molecule has 1 saturated heterocycles. The van der Waals surface area contributed by atoms with E-state index in [9.17, 15) is 9.59 Å². The third-order valence-electron chi connectivity index (χ3n) is 4.41. The fourth-order valence-electron chi connectivity index (χ4n) is 2.95. The van der Waals surface area contributed by atoms with Gasteiger partial charge in [0.15, 0.2) is 0 Å². The molecule has 1 fully saturated rings. The molecule has 0 radical (unpaired) electrons. The SMILES string of the molecule is CCc1nn(C)c(NC(=O)N2CCN(C(=O)c3ncn[nH]3)CC2)c1C. The van der Waals surface area contributed by atoms with Crippen molar-refractivity contribution in [2.45, 2.75) is 20.3 Å². The lowest BCUT2D eigenvalue weighted by molar-refractivity contribution is 0.0660. The maximum absolute atomic E-state index is 12.5. The minimum atomic E-state index is -0.201. The van der Waals surface area contributed by atoms with E-state index in [-0.39, 0.29) is 17.8 Å². The predicted octanol–water partition coefficient (Wildman–Crippen LogP) is 0.399. The van der Waals surface area contributed by atoms with Crippen LogP contribution in [-0.4, -0.2) is 72.9 Å². The lowest BCUT2D eigenvalue weighted by atomic mass is 10.2. The summed E-state index contributed by atoms with van der Waals surface area (Å²) in [5, 5.41) is 13.6. The summed E-state index contributed by atoms with van der Waals surface area (Å²) in [5.74, 6) is 0.727. The van der Waals surface area contributed by atoms with Crippen LogP contribution in [-0.2, 0) is 13.5 Å². The van der Waals surface area contributed by atoms with Gasteiger partial charge in [-0.3, -0.25) is 19.9 Å². The second-order valence-electron chi connectivity index (χ2n) is 5.94. The third kappa shape index (κ3) is 3.32. The number of nitrogens with one attached hydrogen (secondary N) is 2. The van der Waals surface area contributed by atoms with Crippen LogP contribution in [0.2, 0.25) is 0 Å². The van der Waals surface area contributed by atoms with Gasteiger partial charge in [-0.25, -0.2) is 9.78 Å². The number of aryl methyl sites for hydroxylation is 2. The third-order valence-corrected chi connectivity index (χ3v) is 4.41. The molecule has 1 aliphatic heterocycles. The van der Waals surface area contributed by atoms with Crippen LogP contribution in [0.1, 0.15) is 28.8 Å². The average molecular weight is 346 g/mol. The number of carbonyl (C=O) groups excluding carboxylic acids is 2. The van der Waals surface area contributed by atoms with Crippen molar-refractivity contribution in [3.05, 3.63) is 23.4 Å². The Kier molecular flexibility index (Phi) is 4.68. The number of aromatic nitrogens is 5. The summed E-state index contributed by atoms with van der Waals surface area (Å²) in [7, 11) is 1.82. The number of rotatable bonds is 3. The average Bonchev–Trinajstić information content (AvgIpc) is 3.25. The van der Waals surface area contributed by atoms with Gasteiger partial charge in [-0.1, -0.05) is 6.92 Å². The van der Waals surface area contributed by atoms with Crippen molar-refractivity contribution in [1.82, 2.24) is 34.8 Å². The van der Waals surface area contributed by atoms with E-state index in [2.05, 4.69) is 25.6 Å². The van der Waals surface area contributed by atoms with E-state index >= 15 is 0 Å². The molecule has 1 aliphatic rings. The number of hydrogen-bond donors (Lipinski definition) is 2. The van der Waals surface area contributed by atoms with Crippen LogP contribution >= 0.6 is 0 Å². The van der Waals surface area contributed by atoms with Crippen LogP contribution in [0.4, 0.5) is 10.6 Å². The fourth-order valence-corrected chi connectivity index (χ4v) is 2.95. The molecule has 3 amide bonds. The van der Waals surface area contributed by atoms with Crippen molar-refractivity contribution < 1.29 is 9.59 Å². The lowest BCUT2D eigenvalue weighted by Gasteiger charge is -2.34.